The fourth-order valence-electron chi connectivity index (χ4n) is 2.61. The minimum Gasteiger partial charge on any atom is -0.335 e. The van der Waals surface area contributed by atoms with Crippen molar-refractivity contribution in [3.63, 3.8) is 0 Å². The lowest BCUT2D eigenvalue weighted by Crippen LogP contribution is -2.50. The van der Waals surface area contributed by atoms with Gasteiger partial charge in [-0.1, -0.05) is 0 Å². The van der Waals surface area contributed by atoms with Crippen LogP contribution in [0.5, 0.6) is 0 Å². The van der Waals surface area contributed by atoms with Crippen LogP contribution in [0.25, 0.3) is 11.4 Å². The van der Waals surface area contributed by atoms with Crippen LogP contribution in [0.1, 0.15) is 19.8 Å². The maximum Gasteiger partial charge on any atom is 0.245 e. The monoisotopic (exact) mass is 353 g/mol. The van der Waals surface area contributed by atoms with E-state index >= 15 is 0 Å². The normalized spacial score (nSPS) is 22.6. The summed E-state index contributed by atoms with van der Waals surface area (Å²) in [5, 5.41) is 7.19. The van der Waals surface area contributed by atoms with Crippen LogP contribution in [0.2, 0.25) is 0 Å². The lowest BCUT2D eigenvalue weighted by Gasteiger charge is -2.36. The minimum absolute atomic E-state index is 0.140. The fraction of sp³-hybridized carbons (Fsp3) is 0.429. The summed E-state index contributed by atoms with van der Waals surface area (Å²) in [6.07, 6.45) is 2.07. The van der Waals surface area contributed by atoms with Gasteiger partial charge < -0.3 is 10.6 Å². The van der Waals surface area contributed by atoms with Gasteiger partial charge >= 0.3 is 0 Å². The highest BCUT2D eigenvalue weighted by molar-refractivity contribution is 9.10. The molecule has 0 radical (unpaired) electrons. The molecule has 2 aromatic rings. The third-order valence-electron chi connectivity index (χ3n) is 3.97. The van der Waals surface area contributed by atoms with Crippen molar-refractivity contribution in [2.75, 3.05) is 11.4 Å². The number of hydrogen-bond donors (Lipinski definition) is 2. The molecule has 5 nitrogen and oxygen atoms in total. The third kappa shape index (κ3) is 2.80. The minimum atomic E-state index is -0.297. The van der Waals surface area contributed by atoms with Gasteiger partial charge in [-0.15, -0.1) is 5.10 Å². The van der Waals surface area contributed by atoms with Gasteiger partial charge in [0.1, 0.15) is 5.82 Å². The average Bonchev–Trinajstić information content (AvgIpc) is 2.94. The molecule has 2 atom stereocenters. The molecule has 1 fully saturated rings. The molecule has 0 saturated carbocycles. The Balaban J connectivity index is 1.87. The number of nitrogens with one attached hydrogen (secondary N) is 1. The Hall–Kier alpha value is -1.47. The van der Waals surface area contributed by atoms with Crippen molar-refractivity contribution in [1.82, 2.24) is 15.2 Å². The molecule has 0 amide bonds. The average molecular weight is 354 g/mol. The number of benzene rings is 1. The van der Waals surface area contributed by atoms with Gasteiger partial charge in [0.05, 0.1) is 4.47 Å². The third-order valence-corrected chi connectivity index (χ3v) is 4.58. The molecule has 1 aromatic carbocycles. The molecule has 2 heterocycles. The van der Waals surface area contributed by atoms with Gasteiger partial charge in [0, 0.05) is 24.2 Å². The van der Waals surface area contributed by atoms with Gasteiger partial charge in [-0.3, -0.25) is 5.10 Å². The molecule has 21 heavy (non-hydrogen) atoms. The van der Waals surface area contributed by atoms with Gasteiger partial charge in [0.15, 0.2) is 5.82 Å². The smallest absolute Gasteiger partial charge is 0.245 e. The van der Waals surface area contributed by atoms with E-state index in [4.69, 9.17) is 5.73 Å². The van der Waals surface area contributed by atoms with E-state index in [-0.39, 0.29) is 17.9 Å². The Morgan fingerprint density at radius 1 is 1.48 bits per heavy atom. The van der Waals surface area contributed by atoms with E-state index in [1.165, 1.54) is 6.07 Å². The number of rotatable bonds is 2. The van der Waals surface area contributed by atoms with Gasteiger partial charge in [0.25, 0.3) is 0 Å². The largest absolute Gasteiger partial charge is 0.335 e. The maximum atomic E-state index is 13.3. The molecule has 3 N–H and O–H groups in total. The molecule has 7 heteroatoms. The molecule has 1 aromatic heterocycles. The Labute approximate surface area is 130 Å². The molecule has 1 aliphatic rings. The zero-order valence-electron chi connectivity index (χ0n) is 11.7. The quantitative estimate of drug-likeness (QED) is 0.870. The first kappa shape index (κ1) is 14.5. The van der Waals surface area contributed by atoms with Gasteiger partial charge in [-0.2, -0.15) is 4.98 Å². The number of anilines is 1. The lowest BCUT2D eigenvalue weighted by molar-refractivity contribution is 0.416. The highest BCUT2D eigenvalue weighted by Crippen LogP contribution is 2.26. The van der Waals surface area contributed by atoms with Crippen molar-refractivity contribution in [2.24, 2.45) is 5.73 Å². The van der Waals surface area contributed by atoms with E-state index in [9.17, 15) is 4.39 Å². The summed E-state index contributed by atoms with van der Waals surface area (Å²) in [7, 11) is 0. The highest BCUT2D eigenvalue weighted by Gasteiger charge is 2.27. The molecule has 0 bridgehead atoms. The number of aromatic amines is 1. The Morgan fingerprint density at radius 3 is 3.05 bits per heavy atom. The number of hydrogen-bond acceptors (Lipinski definition) is 4. The van der Waals surface area contributed by atoms with Crippen molar-refractivity contribution in [1.29, 1.82) is 0 Å². The summed E-state index contributed by atoms with van der Waals surface area (Å²) >= 11 is 3.18. The first-order chi connectivity index (χ1) is 10.1. The van der Waals surface area contributed by atoms with Crippen LogP contribution in [0.4, 0.5) is 10.3 Å². The summed E-state index contributed by atoms with van der Waals surface area (Å²) in [6.45, 7) is 2.99. The summed E-state index contributed by atoms with van der Waals surface area (Å²) in [4.78, 5) is 6.64. The van der Waals surface area contributed by atoms with E-state index in [1.54, 1.807) is 12.1 Å². The molecule has 112 valence electrons. The topological polar surface area (TPSA) is 70.8 Å². The number of nitrogens with two attached hydrogens (primary N) is 1. The van der Waals surface area contributed by atoms with Gasteiger partial charge in [-0.05, 0) is 53.9 Å². The highest BCUT2D eigenvalue weighted by atomic mass is 79.9. The summed E-state index contributed by atoms with van der Waals surface area (Å²) < 4.78 is 13.7. The summed E-state index contributed by atoms with van der Waals surface area (Å²) in [5.41, 5.74) is 6.89. The molecule has 1 aliphatic heterocycles. The van der Waals surface area contributed by atoms with Crippen molar-refractivity contribution in [3.8, 4) is 11.4 Å². The van der Waals surface area contributed by atoms with Crippen LogP contribution in [-0.2, 0) is 0 Å². The SMILES string of the molecule is CC1C(N)CCCN1c1n[nH]c(-c2ccc(F)c(Br)c2)n1. The Kier molecular flexibility index (Phi) is 3.95. The first-order valence-electron chi connectivity index (χ1n) is 6.96. The molecule has 2 unspecified atom stereocenters. The second-order valence-electron chi connectivity index (χ2n) is 5.35. The summed E-state index contributed by atoms with van der Waals surface area (Å²) in [6, 6.07) is 5.12. The van der Waals surface area contributed by atoms with Crippen LogP contribution in [-0.4, -0.2) is 33.8 Å². The van der Waals surface area contributed by atoms with E-state index in [1.807, 2.05) is 0 Å². The van der Waals surface area contributed by atoms with E-state index in [2.05, 4.69) is 42.9 Å². The predicted molar refractivity (Wildman–Crippen MR) is 83.5 cm³/mol. The number of nitrogens with zero attached hydrogens (tertiary/aromatic N) is 3. The van der Waals surface area contributed by atoms with Crippen molar-refractivity contribution in [3.05, 3.63) is 28.5 Å². The second kappa shape index (κ2) is 5.73. The standard InChI is InChI=1S/C14H17BrFN5/c1-8-12(17)3-2-6-21(8)14-18-13(19-20-14)9-4-5-11(16)10(15)7-9/h4-5,7-8,12H,2-3,6,17H2,1H3,(H,18,19,20). The Morgan fingerprint density at radius 2 is 2.29 bits per heavy atom. The van der Waals surface area contributed by atoms with Crippen LogP contribution in [0.15, 0.2) is 22.7 Å². The van der Waals surface area contributed by atoms with Crippen LogP contribution in [0, 0.1) is 5.82 Å². The number of H-pyrrole nitrogens is 1. The zero-order chi connectivity index (χ0) is 15.0. The van der Waals surface area contributed by atoms with E-state index in [0.717, 1.165) is 24.9 Å². The molecular formula is C14H17BrFN5. The lowest BCUT2D eigenvalue weighted by atomic mass is 9.99. The number of piperidine rings is 1. The first-order valence-corrected chi connectivity index (χ1v) is 7.75. The Bertz CT molecular complexity index is 644. The van der Waals surface area contributed by atoms with Crippen LogP contribution < -0.4 is 10.6 Å². The number of aromatic nitrogens is 3. The van der Waals surface area contributed by atoms with Crippen LogP contribution >= 0.6 is 15.9 Å². The predicted octanol–water partition coefficient (Wildman–Crippen LogP) is 2.69. The van der Waals surface area contributed by atoms with E-state index < -0.39 is 0 Å². The zero-order valence-corrected chi connectivity index (χ0v) is 13.3. The molecular weight excluding hydrogens is 337 g/mol. The van der Waals surface area contributed by atoms with Crippen molar-refractivity contribution >= 4 is 21.9 Å². The fourth-order valence-corrected chi connectivity index (χ4v) is 2.99. The second-order valence-corrected chi connectivity index (χ2v) is 6.21. The van der Waals surface area contributed by atoms with Crippen LogP contribution in [0.3, 0.4) is 0 Å². The summed E-state index contributed by atoms with van der Waals surface area (Å²) in [5.74, 6) is 0.972. The van der Waals surface area contributed by atoms with Crippen molar-refractivity contribution < 1.29 is 4.39 Å². The molecule has 1 saturated heterocycles. The molecule has 3 rings (SSSR count). The molecule has 0 spiro atoms. The number of halogens is 2. The van der Waals surface area contributed by atoms with Gasteiger partial charge in [0.2, 0.25) is 5.95 Å². The van der Waals surface area contributed by atoms with Crippen molar-refractivity contribution in [2.45, 2.75) is 31.8 Å². The molecule has 0 aliphatic carbocycles. The maximum absolute atomic E-state index is 13.3. The van der Waals surface area contributed by atoms with E-state index in [0.29, 0.717) is 16.2 Å². The van der Waals surface area contributed by atoms with Gasteiger partial charge in [-0.25, -0.2) is 4.39 Å².